The van der Waals surface area contributed by atoms with Gasteiger partial charge in [0, 0.05) is 24.2 Å². The van der Waals surface area contributed by atoms with Gasteiger partial charge in [-0.25, -0.2) is 4.39 Å². The standard InChI is InChI=1S/C12H13F4N.C11H17NO2/c13-10-6-9(12(14,15)16)7-11(8-10)17-4-2-1-3-5-17;12-10(14)11-3-6-1-7(4-11)9(13)8(2-6)5-11/h6-8H,1-5H2;6-9,13H,1-5H2,(H2,12,14). The molecule has 8 heteroatoms. The Hall–Kier alpha value is -1.83. The Morgan fingerprint density at radius 2 is 1.65 bits per heavy atom. The molecule has 5 aliphatic rings. The lowest BCUT2D eigenvalue weighted by atomic mass is 9.48. The lowest BCUT2D eigenvalue weighted by molar-refractivity contribution is -0.160. The highest BCUT2D eigenvalue weighted by Crippen LogP contribution is 2.59. The molecule has 2 unspecified atom stereocenters. The number of benzene rings is 1. The molecular weight excluding hydrogens is 412 g/mol. The van der Waals surface area contributed by atoms with Crippen LogP contribution in [-0.4, -0.2) is 30.2 Å². The van der Waals surface area contributed by atoms with Gasteiger partial charge < -0.3 is 15.7 Å². The third-order valence-corrected chi connectivity index (χ3v) is 7.68. The fourth-order valence-corrected chi connectivity index (χ4v) is 6.37. The number of amides is 1. The smallest absolute Gasteiger partial charge is 0.393 e. The zero-order valence-corrected chi connectivity index (χ0v) is 17.5. The van der Waals surface area contributed by atoms with Crippen LogP contribution in [0.2, 0.25) is 0 Å². The minimum absolute atomic E-state index is 0.121. The summed E-state index contributed by atoms with van der Waals surface area (Å²) in [6.07, 6.45) is 3.23. The largest absolute Gasteiger partial charge is 0.416 e. The highest BCUT2D eigenvalue weighted by Gasteiger charge is 2.57. The number of piperidine rings is 1. The van der Waals surface area contributed by atoms with Crippen LogP contribution in [0.3, 0.4) is 0 Å². The summed E-state index contributed by atoms with van der Waals surface area (Å²) in [7, 11) is 0. The molecule has 1 aromatic carbocycles. The van der Waals surface area contributed by atoms with Crippen molar-refractivity contribution in [2.75, 3.05) is 18.0 Å². The fourth-order valence-electron chi connectivity index (χ4n) is 6.37. The first kappa shape index (κ1) is 22.4. The second-order valence-electron chi connectivity index (χ2n) is 9.85. The summed E-state index contributed by atoms with van der Waals surface area (Å²) >= 11 is 0. The highest BCUT2D eigenvalue weighted by atomic mass is 19.4. The van der Waals surface area contributed by atoms with Crippen molar-refractivity contribution in [2.24, 2.45) is 28.9 Å². The summed E-state index contributed by atoms with van der Waals surface area (Å²) in [5, 5.41) is 9.97. The van der Waals surface area contributed by atoms with E-state index in [-0.39, 0.29) is 17.4 Å². The molecule has 1 aromatic rings. The summed E-state index contributed by atoms with van der Waals surface area (Å²) in [6, 6.07) is 2.72. The van der Waals surface area contributed by atoms with Crippen LogP contribution in [0, 0.1) is 29.0 Å². The van der Waals surface area contributed by atoms with E-state index in [4.69, 9.17) is 5.73 Å². The van der Waals surface area contributed by atoms with E-state index in [9.17, 15) is 27.5 Å². The summed E-state index contributed by atoms with van der Waals surface area (Å²) in [4.78, 5) is 13.3. The fraction of sp³-hybridized carbons (Fsp3) is 0.696. The number of carbonyl (C=O) groups is 1. The molecule has 4 aliphatic carbocycles. The maximum Gasteiger partial charge on any atom is 0.416 e. The number of aliphatic hydroxyl groups excluding tert-OH is 1. The number of hydrogen-bond donors (Lipinski definition) is 2. The average molecular weight is 442 g/mol. The van der Waals surface area contributed by atoms with Gasteiger partial charge in [-0.15, -0.1) is 0 Å². The second-order valence-corrected chi connectivity index (χ2v) is 9.85. The summed E-state index contributed by atoms with van der Waals surface area (Å²) in [5.41, 5.74) is 4.69. The van der Waals surface area contributed by atoms with Gasteiger partial charge in [-0.05, 0) is 87.3 Å². The SMILES string of the molecule is Fc1cc(N2CCCCC2)cc(C(F)(F)F)c1.NC(=O)C12CC3CC(C1)C(O)C(C3)C2. The maximum atomic E-state index is 13.2. The molecule has 0 spiro atoms. The minimum atomic E-state index is -4.49. The molecule has 1 heterocycles. The van der Waals surface area contributed by atoms with Crippen LogP contribution in [0.25, 0.3) is 0 Å². The number of nitrogens with two attached hydrogens (primary N) is 1. The Labute approximate surface area is 179 Å². The van der Waals surface area contributed by atoms with E-state index in [1.54, 1.807) is 0 Å². The first-order valence-corrected chi connectivity index (χ1v) is 11.2. The molecule has 6 rings (SSSR count). The van der Waals surface area contributed by atoms with E-state index in [2.05, 4.69) is 0 Å². The van der Waals surface area contributed by atoms with Crippen molar-refractivity contribution in [1.29, 1.82) is 0 Å². The first-order chi connectivity index (χ1) is 14.6. The number of halogens is 4. The quantitative estimate of drug-likeness (QED) is 0.663. The summed E-state index contributed by atoms with van der Waals surface area (Å²) in [5.74, 6) is 0.412. The Morgan fingerprint density at radius 1 is 1.03 bits per heavy atom. The van der Waals surface area contributed by atoms with E-state index >= 15 is 0 Å². The van der Waals surface area contributed by atoms with Gasteiger partial charge in [-0.2, -0.15) is 13.2 Å². The predicted molar refractivity (Wildman–Crippen MR) is 109 cm³/mol. The predicted octanol–water partition coefficient (Wildman–Crippen LogP) is 4.49. The summed E-state index contributed by atoms with van der Waals surface area (Å²) < 4.78 is 50.8. The van der Waals surface area contributed by atoms with Crippen LogP contribution in [-0.2, 0) is 11.0 Å². The lowest BCUT2D eigenvalue weighted by Gasteiger charge is -2.57. The summed E-state index contributed by atoms with van der Waals surface area (Å²) in [6.45, 7) is 1.39. The van der Waals surface area contributed by atoms with Gasteiger partial charge in [-0.3, -0.25) is 4.79 Å². The van der Waals surface area contributed by atoms with E-state index in [1.165, 1.54) is 6.07 Å². The molecule has 1 saturated heterocycles. The van der Waals surface area contributed by atoms with Gasteiger partial charge in [0.15, 0.2) is 0 Å². The molecule has 172 valence electrons. The van der Waals surface area contributed by atoms with Crippen molar-refractivity contribution in [2.45, 2.75) is 63.6 Å². The number of rotatable bonds is 2. The van der Waals surface area contributed by atoms with Gasteiger partial charge in [0.2, 0.25) is 5.91 Å². The van der Waals surface area contributed by atoms with Crippen molar-refractivity contribution in [3.05, 3.63) is 29.6 Å². The highest BCUT2D eigenvalue weighted by molar-refractivity contribution is 5.81. The number of nitrogens with zero attached hydrogens (tertiary/aromatic N) is 1. The Kier molecular flexibility index (Phi) is 5.96. The average Bonchev–Trinajstić information content (AvgIpc) is 2.71. The third-order valence-electron chi connectivity index (χ3n) is 7.68. The third kappa shape index (κ3) is 4.54. The molecule has 31 heavy (non-hydrogen) atoms. The molecule has 3 N–H and O–H groups in total. The zero-order valence-electron chi connectivity index (χ0n) is 17.5. The van der Waals surface area contributed by atoms with Crippen molar-refractivity contribution < 1.29 is 27.5 Å². The molecule has 4 nitrogen and oxygen atoms in total. The number of primary amides is 1. The van der Waals surface area contributed by atoms with E-state index in [0.29, 0.717) is 42.6 Å². The van der Waals surface area contributed by atoms with Gasteiger partial charge >= 0.3 is 6.18 Å². The number of hydrogen-bond acceptors (Lipinski definition) is 3. The van der Waals surface area contributed by atoms with Crippen molar-refractivity contribution >= 4 is 11.6 Å². The van der Waals surface area contributed by atoms with Crippen molar-refractivity contribution in [1.82, 2.24) is 0 Å². The topological polar surface area (TPSA) is 66.6 Å². The van der Waals surface area contributed by atoms with Crippen molar-refractivity contribution in [3.63, 3.8) is 0 Å². The molecule has 2 atom stereocenters. The monoisotopic (exact) mass is 442 g/mol. The van der Waals surface area contributed by atoms with Crippen LogP contribution in [0.4, 0.5) is 23.2 Å². The Balaban J connectivity index is 0.000000151. The normalized spacial score (nSPS) is 34.3. The van der Waals surface area contributed by atoms with Gasteiger partial charge in [0.25, 0.3) is 0 Å². The van der Waals surface area contributed by atoms with Gasteiger partial charge in [-0.1, -0.05) is 0 Å². The Morgan fingerprint density at radius 3 is 2.19 bits per heavy atom. The molecule has 1 amide bonds. The molecular formula is C23H30F4N2O2. The molecule has 0 aromatic heterocycles. The maximum absolute atomic E-state index is 13.2. The van der Waals surface area contributed by atoms with Crippen molar-refractivity contribution in [3.8, 4) is 0 Å². The van der Waals surface area contributed by atoms with Crippen LogP contribution in [0.15, 0.2) is 18.2 Å². The number of carbonyl (C=O) groups excluding carboxylic acids is 1. The molecule has 4 saturated carbocycles. The van der Waals surface area contributed by atoms with Gasteiger partial charge in [0.05, 0.1) is 11.7 Å². The first-order valence-electron chi connectivity index (χ1n) is 11.2. The van der Waals surface area contributed by atoms with Crippen LogP contribution >= 0.6 is 0 Å². The molecule has 1 aliphatic heterocycles. The van der Waals surface area contributed by atoms with E-state index < -0.39 is 17.6 Å². The minimum Gasteiger partial charge on any atom is -0.393 e. The number of anilines is 1. The number of aliphatic hydroxyl groups is 1. The van der Waals surface area contributed by atoms with Crippen LogP contribution < -0.4 is 10.6 Å². The molecule has 5 fully saturated rings. The van der Waals surface area contributed by atoms with Crippen LogP contribution in [0.5, 0.6) is 0 Å². The zero-order chi connectivity index (χ0) is 22.4. The lowest BCUT2D eigenvalue weighted by Crippen LogP contribution is -2.57. The number of alkyl halides is 3. The van der Waals surface area contributed by atoms with Crippen LogP contribution in [0.1, 0.15) is 56.9 Å². The molecule has 4 bridgehead atoms. The van der Waals surface area contributed by atoms with Gasteiger partial charge in [0.1, 0.15) is 5.82 Å². The van der Waals surface area contributed by atoms with E-state index in [1.807, 2.05) is 4.90 Å². The second kappa shape index (κ2) is 8.26. The molecule has 0 radical (unpaired) electrons. The Bertz CT molecular complexity index is 806. The van der Waals surface area contributed by atoms with E-state index in [0.717, 1.165) is 57.4 Å².